The number of nitrogens with one attached hydrogen (secondary N) is 1. The van der Waals surface area contributed by atoms with Gasteiger partial charge in [0.25, 0.3) is 11.8 Å². The van der Waals surface area contributed by atoms with Crippen LogP contribution >= 0.6 is 0 Å². The number of nitrogens with zero attached hydrogens (tertiary/aromatic N) is 1. The van der Waals surface area contributed by atoms with Crippen molar-refractivity contribution in [3.8, 4) is 5.75 Å². The minimum absolute atomic E-state index is 0.0703. The van der Waals surface area contributed by atoms with Crippen molar-refractivity contribution >= 4 is 23.5 Å². The van der Waals surface area contributed by atoms with E-state index in [9.17, 15) is 14.4 Å². The first-order chi connectivity index (χ1) is 13.5. The van der Waals surface area contributed by atoms with E-state index in [-0.39, 0.29) is 12.3 Å². The molecule has 1 heterocycles. The lowest BCUT2D eigenvalue weighted by Gasteiger charge is -2.17. The fraction of sp³-hybridized carbons (Fsp3) is 0.286. The van der Waals surface area contributed by atoms with E-state index in [1.54, 1.807) is 41.3 Å². The minimum Gasteiger partial charge on any atom is -0.495 e. The van der Waals surface area contributed by atoms with Crippen LogP contribution in [0.2, 0.25) is 0 Å². The molecule has 146 valence electrons. The Kier molecular flexibility index (Phi) is 5.93. The molecule has 2 amide bonds. The van der Waals surface area contributed by atoms with Crippen LogP contribution in [0.1, 0.15) is 39.1 Å². The molecule has 0 unspecified atom stereocenters. The zero-order valence-corrected chi connectivity index (χ0v) is 15.6. The summed E-state index contributed by atoms with van der Waals surface area (Å²) < 4.78 is 5.30. The highest BCUT2D eigenvalue weighted by atomic mass is 16.5. The molecule has 1 aliphatic rings. The van der Waals surface area contributed by atoms with Gasteiger partial charge in [-0.2, -0.15) is 0 Å². The number of amides is 2. The number of carbonyl (C=O) groups is 3. The molecule has 1 fully saturated rings. The summed E-state index contributed by atoms with van der Waals surface area (Å²) in [5, 5.41) is 11.7. The molecule has 2 N–H and O–H groups in total. The minimum atomic E-state index is -0.965. The number of hydrogen-bond donors (Lipinski definition) is 2. The Balaban J connectivity index is 1.82. The molecule has 0 atom stereocenters. The first-order valence-electron chi connectivity index (χ1n) is 9.07. The molecule has 3 rings (SSSR count). The third-order valence-corrected chi connectivity index (χ3v) is 4.63. The first kappa shape index (κ1) is 19.4. The van der Waals surface area contributed by atoms with E-state index in [2.05, 4.69) is 5.32 Å². The fourth-order valence-corrected chi connectivity index (χ4v) is 3.23. The van der Waals surface area contributed by atoms with Crippen LogP contribution < -0.4 is 10.1 Å². The van der Waals surface area contributed by atoms with Crippen LogP contribution in [0.3, 0.4) is 0 Å². The summed E-state index contributed by atoms with van der Waals surface area (Å²) in [6.45, 7) is 1.48. The number of rotatable bonds is 6. The van der Waals surface area contributed by atoms with Crippen LogP contribution in [0.5, 0.6) is 5.75 Å². The van der Waals surface area contributed by atoms with Gasteiger partial charge in [0, 0.05) is 24.2 Å². The second-order valence-corrected chi connectivity index (χ2v) is 6.64. The Morgan fingerprint density at radius 2 is 1.82 bits per heavy atom. The van der Waals surface area contributed by atoms with Crippen molar-refractivity contribution in [3.05, 3.63) is 59.2 Å². The SMILES string of the molecule is COc1ccc(C(=O)N2CCCC2)cc1NC(=O)c1cccc(CC(=O)O)c1. The molecular formula is C21H22N2O5. The van der Waals surface area contributed by atoms with E-state index in [4.69, 9.17) is 9.84 Å². The lowest BCUT2D eigenvalue weighted by atomic mass is 10.1. The highest BCUT2D eigenvalue weighted by Crippen LogP contribution is 2.27. The predicted octanol–water partition coefficient (Wildman–Crippen LogP) is 2.81. The summed E-state index contributed by atoms with van der Waals surface area (Å²) in [7, 11) is 1.49. The van der Waals surface area contributed by atoms with Crippen LogP contribution in [0.15, 0.2) is 42.5 Å². The highest BCUT2D eigenvalue weighted by molar-refractivity contribution is 6.06. The molecular weight excluding hydrogens is 360 g/mol. The van der Waals surface area contributed by atoms with E-state index in [0.717, 1.165) is 25.9 Å². The quantitative estimate of drug-likeness (QED) is 0.801. The number of methoxy groups -OCH3 is 1. The monoisotopic (exact) mass is 382 g/mol. The van der Waals surface area contributed by atoms with Crippen molar-refractivity contribution in [2.24, 2.45) is 0 Å². The molecule has 1 saturated heterocycles. The number of aliphatic carboxylic acids is 1. The standard InChI is InChI=1S/C21H22N2O5/c1-28-18-8-7-16(21(27)23-9-2-3-10-23)13-17(18)22-20(26)15-6-4-5-14(11-15)12-19(24)25/h4-8,11,13H,2-3,9-10,12H2,1H3,(H,22,26)(H,24,25). The Labute approximate surface area is 162 Å². The maximum Gasteiger partial charge on any atom is 0.307 e. The Morgan fingerprint density at radius 1 is 1.07 bits per heavy atom. The predicted molar refractivity (Wildman–Crippen MR) is 104 cm³/mol. The molecule has 7 nitrogen and oxygen atoms in total. The summed E-state index contributed by atoms with van der Waals surface area (Å²) in [6, 6.07) is 11.4. The zero-order chi connectivity index (χ0) is 20.1. The van der Waals surface area contributed by atoms with Gasteiger partial charge in [0.1, 0.15) is 5.75 Å². The molecule has 7 heteroatoms. The van der Waals surface area contributed by atoms with Gasteiger partial charge in [0.15, 0.2) is 0 Å². The van der Waals surface area contributed by atoms with Gasteiger partial charge in [0.05, 0.1) is 19.2 Å². The van der Waals surface area contributed by atoms with E-state index in [0.29, 0.717) is 28.1 Å². The Bertz CT molecular complexity index is 903. The van der Waals surface area contributed by atoms with Crippen molar-refractivity contribution in [1.29, 1.82) is 0 Å². The maximum atomic E-state index is 12.6. The van der Waals surface area contributed by atoms with Crippen LogP contribution in [-0.4, -0.2) is 48.0 Å². The van der Waals surface area contributed by atoms with Crippen molar-refractivity contribution in [1.82, 2.24) is 4.90 Å². The van der Waals surface area contributed by atoms with Gasteiger partial charge in [0.2, 0.25) is 0 Å². The summed E-state index contributed by atoms with van der Waals surface area (Å²) in [5.41, 5.74) is 1.74. The number of anilines is 1. The second-order valence-electron chi connectivity index (χ2n) is 6.64. The van der Waals surface area contributed by atoms with E-state index >= 15 is 0 Å². The van der Waals surface area contributed by atoms with Crippen molar-refractivity contribution in [2.45, 2.75) is 19.3 Å². The van der Waals surface area contributed by atoms with E-state index < -0.39 is 11.9 Å². The topological polar surface area (TPSA) is 95.9 Å². The third-order valence-electron chi connectivity index (χ3n) is 4.63. The number of ether oxygens (including phenoxy) is 1. The van der Waals surface area contributed by atoms with Crippen LogP contribution in [0.25, 0.3) is 0 Å². The number of hydrogen-bond acceptors (Lipinski definition) is 4. The molecule has 28 heavy (non-hydrogen) atoms. The smallest absolute Gasteiger partial charge is 0.307 e. The van der Waals surface area contributed by atoms with Gasteiger partial charge in [-0.15, -0.1) is 0 Å². The summed E-state index contributed by atoms with van der Waals surface area (Å²) in [4.78, 5) is 37.9. The van der Waals surface area contributed by atoms with Gasteiger partial charge >= 0.3 is 5.97 Å². The largest absolute Gasteiger partial charge is 0.495 e. The van der Waals surface area contributed by atoms with Crippen molar-refractivity contribution in [2.75, 3.05) is 25.5 Å². The average molecular weight is 382 g/mol. The molecule has 0 bridgehead atoms. The molecule has 0 radical (unpaired) electrons. The van der Waals surface area contributed by atoms with Gasteiger partial charge in [-0.3, -0.25) is 14.4 Å². The number of likely N-dealkylation sites (tertiary alicyclic amines) is 1. The Hall–Kier alpha value is -3.35. The Morgan fingerprint density at radius 3 is 2.50 bits per heavy atom. The average Bonchev–Trinajstić information content (AvgIpc) is 3.22. The van der Waals surface area contributed by atoms with E-state index in [1.165, 1.54) is 13.2 Å². The fourth-order valence-electron chi connectivity index (χ4n) is 3.23. The zero-order valence-electron chi connectivity index (χ0n) is 15.6. The van der Waals surface area contributed by atoms with Gasteiger partial charge < -0.3 is 20.1 Å². The molecule has 0 spiro atoms. The molecule has 2 aromatic rings. The third kappa shape index (κ3) is 4.49. The molecule has 1 aliphatic heterocycles. The lowest BCUT2D eigenvalue weighted by Crippen LogP contribution is -2.27. The normalized spacial score (nSPS) is 13.2. The number of carboxylic acids is 1. The molecule has 0 saturated carbocycles. The number of benzene rings is 2. The molecule has 0 aromatic heterocycles. The number of carboxylic acid groups (broad SMARTS) is 1. The van der Waals surface area contributed by atoms with Crippen LogP contribution in [-0.2, 0) is 11.2 Å². The molecule has 0 aliphatic carbocycles. The van der Waals surface area contributed by atoms with Crippen molar-refractivity contribution < 1.29 is 24.2 Å². The summed E-state index contributed by atoms with van der Waals surface area (Å²) in [5.74, 6) is -1.00. The van der Waals surface area contributed by atoms with Crippen molar-refractivity contribution in [3.63, 3.8) is 0 Å². The van der Waals surface area contributed by atoms with Gasteiger partial charge in [-0.05, 0) is 48.7 Å². The maximum absolute atomic E-state index is 12.6. The summed E-state index contributed by atoms with van der Waals surface area (Å²) in [6.07, 6.45) is 1.83. The lowest BCUT2D eigenvalue weighted by molar-refractivity contribution is -0.136. The van der Waals surface area contributed by atoms with Crippen LogP contribution in [0.4, 0.5) is 5.69 Å². The van der Waals surface area contributed by atoms with Gasteiger partial charge in [-0.25, -0.2) is 0 Å². The highest BCUT2D eigenvalue weighted by Gasteiger charge is 2.21. The van der Waals surface area contributed by atoms with E-state index in [1.807, 2.05) is 0 Å². The first-order valence-corrected chi connectivity index (χ1v) is 9.07. The second kappa shape index (κ2) is 8.56. The van der Waals surface area contributed by atoms with Gasteiger partial charge in [-0.1, -0.05) is 12.1 Å². The molecule has 2 aromatic carbocycles. The summed E-state index contributed by atoms with van der Waals surface area (Å²) >= 11 is 0. The number of carbonyl (C=O) groups excluding carboxylic acids is 2. The van der Waals surface area contributed by atoms with Crippen LogP contribution in [0, 0.1) is 0 Å².